The Hall–Kier alpha value is -3.30. The fourth-order valence-corrected chi connectivity index (χ4v) is 7.32. The van der Waals surface area contributed by atoms with E-state index in [1.807, 2.05) is 24.3 Å². The summed E-state index contributed by atoms with van der Waals surface area (Å²) >= 11 is 0. The van der Waals surface area contributed by atoms with Crippen molar-refractivity contribution in [2.75, 3.05) is 6.54 Å². The van der Waals surface area contributed by atoms with Crippen LogP contribution < -0.4 is 5.32 Å². The summed E-state index contributed by atoms with van der Waals surface area (Å²) in [6.07, 6.45) is 9.07. The molecule has 2 N–H and O–H groups in total. The standard InChI is InChI=1S/C34H52N8O2/c1-23-10-8-9-21-41(23)29-31(44)42(34(36-29)19-15-26(16-20-34)33(5,6)7)27(17-18-32(2,3)4)24-11-13-25(14-12-24)30(43)35-22-28-37-39-40-38-28/h11-14,23,26-27H,8-10,15-22H2,1-7H3,(H,35,43)(H,37,38,39,40)/t23-,26?,27+,34?/m0/s1. The van der Waals surface area contributed by atoms with E-state index in [0.717, 1.165) is 63.5 Å². The van der Waals surface area contributed by atoms with Crippen LogP contribution in [0.1, 0.15) is 134 Å². The number of nitrogens with zero attached hydrogens (tertiary/aromatic N) is 6. The Labute approximate surface area is 262 Å². The molecule has 1 saturated heterocycles. The molecular weight excluding hydrogens is 552 g/mol. The molecule has 3 aliphatic rings. The van der Waals surface area contributed by atoms with Crippen molar-refractivity contribution in [3.8, 4) is 0 Å². The second-order valence-corrected chi connectivity index (χ2v) is 15.5. The molecule has 2 fully saturated rings. The van der Waals surface area contributed by atoms with E-state index >= 15 is 0 Å². The van der Waals surface area contributed by atoms with Gasteiger partial charge in [0, 0.05) is 18.2 Å². The number of tetrazole rings is 1. The van der Waals surface area contributed by atoms with Crippen LogP contribution in [0.25, 0.3) is 0 Å². The van der Waals surface area contributed by atoms with Crippen LogP contribution in [0.3, 0.4) is 0 Å². The third-order valence-electron chi connectivity index (χ3n) is 10.1. The minimum absolute atomic E-state index is 0.0776. The van der Waals surface area contributed by atoms with E-state index < -0.39 is 5.66 Å². The Morgan fingerprint density at radius 2 is 1.77 bits per heavy atom. The van der Waals surface area contributed by atoms with Gasteiger partial charge in [-0.15, -0.1) is 10.2 Å². The fourth-order valence-electron chi connectivity index (χ4n) is 7.32. The number of H-pyrrole nitrogens is 1. The summed E-state index contributed by atoms with van der Waals surface area (Å²) in [5.41, 5.74) is 1.42. The number of carbonyl (C=O) groups excluding carboxylic acids is 2. The molecule has 1 spiro atoms. The smallest absolute Gasteiger partial charge is 0.291 e. The first-order valence-corrected chi connectivity index (χ1v) is 16.6. The van der Waals surface area contributed by atoms with E-state index in [9.17, 15) is 9.59 Å². The van der Waals surface area contributed by atoms with E-state index in [-0.39, 0.29) is 35.2 Å². The molecule has 0 unspecified atom stereocenters. The predicted molar refractivity (Wildman–Crippen MR) is 172 cm³/mol. The number of rotatable bonds is 7. The van der Waals surface area contributed by atoms with Crippen LogP contribution in [0.4, 0.5) is 0 Å². The summed E-state index contributed by atoms with van der Waals surface area (Å²) in [6.45, 7) is 17.1. The highest BCUT2D eigenvalue weighted by molar-refractivity contribution is 6.39. The van der Waals surface area contributed by atoms with E-state index in [1.54, 1.807) is 0 Å². The van der Waals surface area contributed by atoms with Crippen LogP contribution in [-0.4, -0.2) is 66.3 Å². The van der Waals surface area contributed by atoms with E-state index in [0.29, 0.717) is 29.2 Å². The van der Waals surface area contributed by atoms with Crippen LogP contribution in [0, 0.1) is 16.7 Å². The van der Waals surface area contributed by atoms with E-state index in [2.05, 4.69) is 84.2 Å². The molecule has 2 atom stereocenters. The number of carbonyl (C=O) groups is 2. The van der Waals surface area contributed by atoms with Crippen molar-refractivity contribution >= 4 is 17.6 Å². The van der Waals surface area contributed by atoms with Crippen molar-refractivity contribution in [3.05, 3.63) is 41.2 Å². The summed E-state index contributed by atoms with van der Waals surface area (Å²) < 4.78 is 0. The zero-order chi connectivity index (χ0) is 31.7. The Morgan fingerprint density at radius 3 is 2.36 bits per heavy atom. The number of aromatic nitrogens is 4. The fraction of sp³-hybridized carbons (Fsp3) is 0.706. The van der Waals surface area contributed by atoms with Gasteiger partial charge in [0.25, 0.3) is 11.8 Å². The average molecular weight is 605 g/mol. The first-order valence-electron chi connectivity index (χ1n) is 16.6. The lowest BCUT2D eigenvalue weighted by molar-refractivity contribution is -0.134. The van der Waals surface area contributed by atoms with Crippen molar-refractivity contribution < 1.29 is 9.59 Å². The SMILES string of the molecule is C[C@H]1CCCCN1C1=NC2(CCC(C(C)(C)C)CC2)N([C@H](CCC(C)(C)C)c2ccc(C(=O)NCc3nn[nH]n3)cc2)C1=O. The molecule has 10 nitrogen and oxygen atoms in total. The van der Waals surface area contributed by atoms with Crippen LogP contribution in [0.2, 0.25) is 0 Å². The molecule has 2 aliphatic heterocycles. The van der Waals surface area contributed by atoms with Crippen LogP contribution in [0.5, 0.6) is 0 Å². The highest BCUT2D eigenvalue weighted by atomic mass is 16.2. The van der Waals surface area contributed by atoms with Crippen molar-refractivity contribution in [1.82, 2.24) is 35.7 Å². The number of piperidine rings is 1. The van der Waals surface area contributed by atoms with Gasteiger partial charge >= 0.3 is 0 Å². The lowest BCUT2D eigenvalue weighted by Crippen LogP contribution is -2.53. The largest absolute Gasteiger partial charge is 0.350 e. The number of aromatic amines is 1. The number of benzene rings is 1. The summed E-state index contributed by atoms with van der Waals surface area (Å²) in [5, 5.41) is 16.6. The van der Waals surface area contributed by atoms with Gasteiger partial charge in [-0.2, -0.15) is 5.21 Å². The molecule has 1 aromatic heterocycles. The number of nitrogens with one attached hydrogen (secondary N) is 2. The lowest BCUT2D eigenvalue weighted by atomic mass is 9.69. The third kappa shape index (κ3) is 6.99. The first-order chi connectivity index (χ1) is 20.8. The summed E-state index contributed by atoms with van der Waals surface area (Å²) in [4.78, 5) is 37.5. The molecule has 3 heterocycles. The first kappa shape index (κ1) is 32.1. The molecule has 1 saturated carbocycles. The van der Waals surface area contributed by atoms with Gasteiger partial charge in [0.2, 0.25) is 0 Å². The Kier molecular flexibility index (Phi) is 9.19. The van der Waals surface area contributed by atoms with E-state index in [1.165, 1.54) is 6.42 Å². The van der Waals surface area contributed by atoms with Crippen molar-refractivity contribution in [2.45, 2.75) is 131 Å². The average Bonchev–Trinajstić information content (AvgIpc) is 3.59. The Bertz CT molecular complexity index is 1310. The van der Waals surface area contributed by atoms with Gasteiger partial charge in [-0.3, -0.25) is 9.59 Å². The number of aliphatic imine (C=N–C) groups is 1. The quantitative estimate of drug-likeness (QED) is 0.397. The predicted octanol–water partition coefficient (Wildman–Crippen LogP) is 6.04. The minimum Gasteiger partial charge on any atom is -0.350 e. The zero-order valence-electron chi connectivity index (χ0n) is 27.8. The second-order valence-electron chi connectivity index (χ2n) is 15.5. The Balaban J connectivity index is 1.47. The van der Waals surface area contributed by atoms with Gasteiger partial charge in [-0.05, 0) is 99.2 Å². The van der Waals surface area contributed by atoms with Gasteiger partial charge in [-0.1, -0.05) is 58.9 Å². The van der Waals surface area contributed by atoms with Gasteiger partial charge in [0.15, 0.2) is 11.7 Å². The minimum atomic E-state index is -0.533. The molecule has 2 amide bonds. The molecule has 44 heavy (non-hydrogen) atoms. The molecule has 0 radical (unpaired) electrons. The second kappa shape index (κ2) is 12.6. The summed E-state index contributed by atoms with van der Waals surface area (Å²) in [5.74, 6) is 1.58. The monoisotopic (exact) mass is 604 g/mol. The van der Waals surface area contributed by atoms with Crippen molar-refractivity contribution in [1.29, 1.82) is 0 Å². The third-order valence-corrected chi connectivity index (χ3v) is 10.1. The van der Waals surface area contributed by atoms with Crippen LogP contribution in [0.15, 0.2) is 29.3 Å². The van der Waals surface area contributed by atoms with Crippen molar-refractivity contribution in [2.24, 2.45) is 21.7 Å². The van der Waals surface area contributed by atoms with Crippen LogP contribution in [-0.2, 0) is 11.3 Å². The zero-order valence-corrected chi connectivity index (χ0v) is 27.8. The van der Waals surface area contributed by atoms with Gasteiger partial charge in [0.05, 0.1) is 12.6 Å². The number of amidine groups is 1. The van der Waals surface area contributed by atoms with Gasteiger partial charge in [0.1, 0.15) is 5.66 Å². The van der Waals surface area contributed by atoms with Crippen LogP contribution >= 0.6 is 0 Å². The molecule has 240 valence electrons. The topological polar surface area (TPSA) is 119 Å². The van der Waals surface area contributed by atoms with Gasteiger partial charge < -0.3 is 15.1 Å². The normalized spacial score (nSPS) is 25.3. The molecule has 5 rings (SSSR count). The van der Waals surface area contributed by atoms with Gasteiger partial charge in [-0.25, -0.2) is 4.99 Å². The molecule has 1 aromatic carbocycles. The molecular formula is C34H52N8O2. The highest BCUT2D eigenvalue weighted by Crippen LogP contribution is 2.50. The maximum Gasteiger partial charge on any atom is 0.291 e. The highest BCUT2D eigenvalue weighted by Gasteiger charge is 2.54. The summed E-state index contributed by atoms with van der Waals surface area (Å²) in [6, 6.07) is 7.96. The summed E-state index contributed by atoms with van der Waals surface area (Å²) in [7, 11) is 0. The maximum atomic E-state index is 14.7. The van der Waals surface area contributed by atoms with Crippen molar-refractivity contribution in [3.63, 3.8) is 0 Å². The Morgan fingerprint density at radius 1 is 1.07 bits per heavy atom. The number of hydrogen-bond donors (Lipinski definition) is 2. The molecule has 2 aromatic rings. The maximum absolute atomic E-state index is 14.7. The number of hydrogen-bond acceptors (Lipinski definition) is 7. The number of likely N-dealkylation sites (tertiary alicyclic amines) is 1. The lowest BCUT2D eigenvalue weighted by Gasteiger charge is -2.47. The number of amides is 2. The molecule has 0 bridgehead atoms. The molecule has 1 aliphatic carbocycles. The molecule has 10 heteroatoms. The van der Waals surface area contributed by atoms with E-state index in [4.69, 9.17) is 4.99 Å².